The van der Waals surface area contributed by atoms with Gasteiger partial charge in [-0.3, -0.25) is 0 Å². The van der Waals surface area contributed by atoms with E-state index in [0.717, 1.165) is 4.47 Å². The highest BCUT2D eigenvalue weighted by atomic mass is 79.9. The van der Waals surface area contributed by atoms with Crippen molar-refractivity contribution in [1.29, 1.82) is 0 Å². The van der Waals surface area contributed by atoms with Gasteiger partial charge >= 0.3 is 0 Å². The third kappa shape index (κ3) is 2.76. The molecule has 2 nitrogen and oxygen atoms in total. The molecule has 72 valence electrons. The first-order valence-corrected chi connectivity index (χ1v) is 4.70. The average Bonchev–Trinajstić information content (AvgIpc) is 2.09. The minimum Gasteiger partial charge on any atom is -0.304 e. The summed E-state index contributed by atoms with van der Waals surface area (Å²) >= 11 is 3.30. The van der Waals surface area contributed by atoms with E-state index in [4.69, 9.17) is 5.90 Å². The summed E-state index contributed by atoms with van der Waals surface area (Å²) in [6, 6.07) is 3.48. The molecule has 1 rings (SSSR count). The molecule has 0 atom stereocenters. The van der Waals surface area contributed by atoms with Crippen molar-refractivity contribution in [2.75, 3.05) is 6.61 Å². The quantitative estimate of drug-likeness (QED) is 0.833. The summed E-state index contributed by atoms with van der Waals surface area (Å²) in [6.07, 6.45) is 0.489. The normalized spacial score (nSPS) is 10.5. The summed E-state index contributed by atoms with van der Waals surface area (Å²) in [7, 11) is 0. The molecule has 0 aromatic heterocycles. The van der Waals surface area contributed by atoms with Crippen molar-refractivity contribution in [3.63, 3.8) is 0 Å². The fourth-order valence-corrected chi connectivity index (χ4v) is 1.77. The number of nitrogens with two attached hydrogens (primary N) is 1. The van der Waals surface area contributed by atoms with Crippen LogP contribution in [0.2, 0.25) is 0 Å². The van der Waals surface area contributed by atoms with Crippen LogP contribution in [0.5, 0.6) is 0 Å². The summed E-state index contributed by atoms with van der Waals surface area (Å²) in [5.74, 6) is 4.69. The first-order valence-electron chi connectivity index (χ1n) is 3.91. The molecule has 0 spiro atoms. The summed E-state index contributed by atoms with van der Waals surface area (Å²) in [6.45, 7) is 2.06. The largest absolute Gasteiger partial charge is 0.304 e. The van der Waals surface area contributed by atoms with Gasteiger partial charge in [0.15, 0.2) is 0 Å². The van der Waals surface area contributed by atoms with Gasteiger partial charge in [0.05, 0.1) is 6.61 Å². The Kier molecular flexibility index (Phi) is 3.84. The maximum atomic E-state index is 13.4. The SMILES string of the molecule is Cc1cc(Br)cc(CCON)c1F. The van der Waals surface area contributed by atoms with Gasteiger partial charge in [-0.1, -0.05) is 15.9 Å². The Balaban J connectivity index is 2.92. The highest BCUT2D eigenvalue weighted by Crippen LogP contribution is 2.19. The van der Waals surface area contributed by atoms with E-state index in [0.29, 0.717) is 24.2 Å². The topological polar surface area (TPSA) is 35.2 Å². The molecule has 4 heteroatoms. The lowest BCUT2D eigenvalue weighted by molar-refractivity contribution is 0.140. The fraction of sp³-hybridized carbons (Fsp3) is 0.333. The summed E-state index contributed by atoms with van der Waals surface area (Å²) in [5.41, 5.74) is 1.25. The lowest BCUT2D eigenvalue weighted by atomic mass is 10.1. The maximum Gasteiger partial charge on any atom is 0.129 e. The van der Waals surface area contributed by atoms with Crippen molar-refractivity contribution in [3.05, 3.63) is 33.5 Å². The van der Waals surface area contributed by atoms with Gasteiger partial charge in [0, 0.05) is 10.9 Å². The molecule has 0 aliphatic rings. The van der Waals surface area contributed by atoms with Crippen molar-refractivity contribution in [2.45, 2.75) is 13.3 Å². The lowest BCUT2D eigenvalue weighted by Crippen LogP contribution is -2.05. The van der Waals surface area contributed by atoms with Crippen molar-refractivity contribution < 1.29 is 9.23 Å². The van der Waals surface area contributed by atoms with Crippen molar-refractivity contribution in [2.24, 2.45) is 5.90 Å². The van der Waals surface area contributed by atoms with Crippen LogP contribution in [0.25, 0.3) is 0 Å². The number of aryl methyl sites for hydroxylation is 1. The summed E-state index contributed by atoms with van der Waals surface area (Å²) in [4.78, 5) is 4.40. The molecule has 0 fully saturated rings. The Labute approximate surface area is 85.0 Å². The van der Waals surface area contributed by atoms with Gasteiger partial charge in [-0.05, 0) is 30.2 Å². The Hall–Kier alpha value is -0.450. The highest BCUT2D eigenvalue weighted by Gasteiger charge is 2.06. The van der Waals surface area contributed by atoms with Crippen LogP contribution < -0.4 is 5.90 Å². The molecule has 13 heavy (non-hydrogen) atoms. The van der Waals surface area contributed by atoms with Crippen LogP contribution in [0.15, 0.2) is 16.6 Å². The number of halogens is 2. The van der Waals surface area contributed by atoms with E-state index in [-0.39, 0.29) is 5.82 Å². The van der Waals surface area contributed by atoms with Gasteiger partial charge in [0.1, 0.15) is 5.82 Å². The summed E-state index contributed by atoms with van der Waals surface area (Å²) < 4.78 is 14.3. The second-order valence-electron chi connectivity index (χ2n) is 2.82. The molecule has 0 saturated heterocycles. The smallest absolute Gasteiger partial charge is 0.129 e. The minimum absolute atomic E-state index is 0.180. The van der Waals surface area contributed by atoms with Crippen LogP contribution in [-0.4, -0.2) is 6.61 Å². The Morgan fingerprint density at radius 1 is 1.54 bits per heavy atom. The molecule has 0 amide bonds. The van der Waals surface area contributed by atoms with Gasteiger partial charge in [-0.15, -0.1) is 0 Å². The molecular formula is C9H11BrFNO. The van der Waals surface area contributed by atoms with Gasteiger partial charge in [-0.2, -0.15) is 0 Å². The second-order valence-corrected chi connectivity index (χ2v) is 3.73. The molecule has 1 aromatic carbocycles. The molecule has 1 aromatic rings. The van der Waals surface area contributed by atoms with Crippen molar-refractivity contribution >= 4 is 15.9 Å². The molecule has 0 aliphatic carbocycles. The van der Waals surface area contributed by atoms with Crippen LogP contribution in [0, 0.1) is 12.7 Å². The molecule has 2 N–H and O–H groups in total. The predicted molar refractivity (Wildman–Crippen MR) is 52.7 cm³/mol. The zero-order chi connectivity index (χ0) is 9.84. The number of benzene rings is 1. The standard InChI is InChI=1S/C9H11BrFNO/c1-6-4-8(10)5-7(9(6)11)2-3-13-12/h4-5H,2-3,12H2,1H3. The third-order valence-electron chi connectivity index (χ3n) is 1.78. The monoisotopic (exact) mass is 247 g/mol. The first kappa shape index (κ1) is 10.6. The minimum atomic E-state index is -0.180. The van der Waals surface area contributed by atoms with Crippen LogP contribution in [-0.2, 0) is 11.3 Å². The van der Waals surface area contributed by atoms with E-state index in [1.807, 2.05) is 0 Å². The van der Waals surface area contributed by atoms with E-state index in [2.05, 4.69) is 20.8 Å². The third-order valence-corrected chi connectivity index (χ3v) is 2.24. The Bertz CT molecular complexity index is 304. The number of hydrogen-bond donors (Lipinski definition) is 1. The van der Waals surface area contributed by atoms with Crippen LogP contribution in [0.3, 0.4) is 0 Å². The molecule has 0 radical (unpaired) electrons. The number of hydrogen-bond acceptors (Lipinski definition) is 2. The van der Waals surface area contributed by atoms with Gasteiger partial charge in [0.2, 0.25) is 0 Å². The molecule has 0 aliphatic heterocycles. The van der Waals surface area contributed by atoms with Gasteiger partial charge in [-0.25, -0.2) is 10.3 Å². The first-order chi connectivity index (χ1) is 6.15. The van der Waals surface area contributed by atoms with E-state index in [9.17, 15) is 4.39 Å². The number of rotatable bonds is 3. The van der Waals surface area contributed by atoms with Crippen LogP contribution in [0.1, 0.15) is 11.1 Å². The van der Waals surface area contributed by atoms with Crippen LogP contribution in [0.4, 0.5) is 4.39 Å². The molecule has 0 saturated carbocycles. The molecular weight excluding hydrogens is 237 g/mol. The van der Waals surface area contributed by atoms with Crippen molar-refractivity contribution in [1.82, 2.24) is 0 Å². The molecule has 0 unspecified atom stereocenters. The second kappa shape index (κ2) is 4.69. The van der Waals surface area contributed by atoms with E-state index < -0.39 is 0 Å². The van der Waals surface area contributed by atoms with Crippen LogP contribution >= 0.6 is 15.9 Å². The zero-order valence-corrected chi connectivity index (χ0v) is 8.90. The van der Waals surface area contributed by atoms with Gasteiger partial charge in [0.25, 0.3) is 0 Å². The van der Waals surface area contributed by atoms with E-state index in [1.54, 1.807) is 19.1 Å². The van der Waals surface area contributed by atoms with E-state index in [1.165, 1.54) is 0 Å². The lowest BCUT2D eigenvalue weighted by Gasteiger charge is -2.05. The van der Waals surface area contributed by atoms with Crippen molar-refractivity contribution in [3.8, 4) is 0 Å². The Morgan fingerprint density at radius 2 is 2.23 bits per heavy atom. The van der Waals surface area contributed by atoms with Gasteiger partial charge < -0.3 is 4.84 Å². The highest BCUT2D eigenvalue weighted by molar-refractivity contribution is 9.10. The average molecular weight is 248 g/mol. The molecule has 0 bridgehead atoms. The van der Waals surface area contributed by atoms with E-state index >= 15 is 0 Å². The maximum absolute atomic E-state index is 13.4. The zero-order valence-electron chi connectivity index (χ0n) is 7.31. The summed E-state index contributed by atoms with van der Waals surface area (Å²) in [5, 5.41) is 0. The predicted octanol–water partition coefficient (Wildman–Crippen LogP) is 2.33. The molecule has 0 heterocycles. The Morgan fingerprint density at radius 3 is 2.85 bits per heavy atom. The fourth-order valence-electron chi connectivity index (χ4n) is 1.15.